The highest BCUT2D eigenvalue weighted by Gasteiger charge is 2.37. The smallest absolute Gasteiger partial charge is 0.0161 e. The molecule has 3 aromatic rings. The van der Waals surface area contributed by atoms with Gasteiger partial charge in [0.1, 0.15) is 0 Å². The van der Waals surface area contributed by atoms with E-state index in [0.717, 1.165) is 0 Å². The van der Waals surface area contributed by atoms with Crippen LogP contribution in [0.3, 0.4) is 0 Å². The predicted molar refractivity (Wildman–Crippen MR) is 98.9 cm³/mol. The van der Waals surface area contributed by atoms with E-state index >= 15 is 0 Å². The number of benzene rings is 3. The van der Waals surface area contributed by atoms with E-state index in [0.29, 0.717) is 0 Å². The molecule has 0 amide bonds. The van der Waals surface area contributed by atoms with E-state index in [1.807, 2.05) is 0 Å². The van der Waals surface area contributed by atoms with Gasteiger partial charge in [-0.05, 0) is 64.4 Å². The van der Waals surface area contributed by atoms with Crippen LogP contribution in [0.2, 0.25) is 0 Å². The van der Waals surface area contributed by atoms with Crippen LogP contribution in [0.15, 0.2) is 60.7 Å². The summed E-state index contributed by atoms with van der Waals surface area (Å²) in [6.07, 6.45) is 0. The Labute approximate surface area is 138 Å². The third kappa shape index (κ3) is 1.91. The summed E-state index contributed by atoms with van der Waals surface area (Å²) in [6.45, 7) is 9.25. The minimum atomic E-state index is 0.0794. The van der Waals surface area contributed by atoms with Gasteiger partial charge in [-0.15, -0.1) is 0 Å². The highest BCUT2D eigenvalue weighted by molar-refractivity contribution is 5.87. The van der Waals surface area contributed by atoms with Crippen molar-refractivity contribution in [2.75, 3.05) is 0 Å². The molecule has 0 spiro atoms. The Morgan fingerprint density at radius 1 is 0.652 bits per heavy atom. The summed E-state index contributed by atoms with van der Waals surface area (Å²) < 4.78 is 0. The molecule has 0 nitrogen and oxygen atoms in total. The van der Waals surface area contributed by atoms with E-state index in [2.05, 4.69) is 88.4 Å². The molecule has 0 heteroatoms. The Morgan fingerprint density at radius 3 is 2.04 bits per heavy atom. The maximum atomic E-state index is 2.40. The van der Waals surface area contributed by atoms with Gasteiger partial charge < -0.3 is 0 Å². The molecule has 0 unspecified atom stereocenters. The first kappa shape index (κ1) is 14.3. The fraction of sp³-hybridized carbons (Fsp3) is 0.217. The second-order valence-corrected chi connectivity index (χ2v) is 7.13. The molecular weight excluding hydrogens is 276 g/mol. The molecule has 0 saturated carbocycles. The lowest BCUT2D eigenvalue weighted by Gasteiger charge is -2.25. The van der Waals surface area contributed by atoms with Crippen LogP contribution in [0, 0.1) is 13.8 Å². The molecular formula is C23H22. The quantitative estimate of drug-likeness (QED) is 0.496. The monoisotopic (exact) mass is 298 g/mol. The predicted octanol–water partition coefficient (Wildman–Crippen LogP) is 6.28. The van der Waals surface area contributed by atoms with Crippen molar-refractivity contribution < 1.29 is 0 Å². The zero-order chi connectivity index (χ0) is 16.2. The summed E-state index contributed by atoms with van der Waals surface area (Å²) in [4.78, 5) is 0. The van der Waals surface area contributed by atoms with Crippen LogP contribution in [0.5, 0.6) is 0 Å². The van der Waals surface area contributed by atoms with E-state index in [-0.39, 0.29) is 5.41 Å². The fourth-order valence-electron chi connectivity index (χ4n) is 4.25. The third-order valence-corrected chi connectivity index (χ3v) is 5.50. The van der Waals surface area contributed by atoms with Crippen molar-refractivity contribution in [2.45, 2.75) is 33.1 Å². The Balaban J connectivity index is 2.07. The van der Waals surface area contributed by atoms with Crippen LogP contribution >= 0.6 is 0 Å². The topological polar surface area (TPSA) is 0 Å². The van der Waals surface area contributed by atoms with Gasteiger partial charge in [0.15, 0.2) is 0 Å². The van der Waals surface area contributed by atoms with E-state index in [4.69, 9.17) is 0 Å². The first-order valence-electron chi connectivity index (χ1n) is 8.32. The van der Waals surface area contributed by atoms with Crippen LogP contribution < -0.4 is 0 Å². The molecule has 1 aliphatic rings. The normalized spacial score (nSPS) is 14.4. The van der Waals surface area contributed by atoms with Crippen molar-refractivity contribution in [1.29, 1.82) is 0 Å². The van der Waals surface area contributed by atoms with Gasteiger partial charge in [-0.3, -0.25) is 0 Å². The minimum absolute atomic E-state index is 0.0794. The SMILES string of the molecule is Cc1c(-c2ccccc2)cc2c(c1C)C(C)(C)c1ccccc1-2. The largest absolute Gasteiger partial charge is 0.0622 e. The molecule has 3 aromatic carbocycles. The lowest BCUT2D eigenvalue weighted by atomic mass is 9.78. The van der Waals surface area contributed by atoms with E-state index < -0.39 is 0 Å². The number of hydrogen-bond acceptors (Lipinski definition) is 0. The molecule has 0 N–H and O–H groups in total. The maximum Gasteiger partial charge on any atom is 0.0161 e. The van der Waals surface area contributed by atoms with Crippen LogP contribution in [0.4, 0.5) is 0 Å². The van der Waals surface area contributed by atoms with Gasteiger partial charge in [-0.2, -0.15) is 0 Å². The molecule has 4 rings (SSSR count). The third-order valence-electron chi connectivity index (χ3n) is 5.50. The Hall–Kier alpha value is -2.34. The molecule has 0 fully saturated rings. The summed E-state index contributed by atoms with van der Waals surface area (Å²) >= 11 is 0. The average Bonchev–Trinajstić information content (AvgIpc) is 2.80. The molecule has 0 radical (unpaired) electrons. The lowest BCUT2D eigenvalue weighted by molar-refractivity contribution is 0.655. The van der Waals surface area contributed by atoms with Crippen molar-refractivity contribution in [3.63, 3.8) is 0 Å². The van der Waals surface area contributed by atoms with Crippen LogP contribution in [-0.2, 0) is 5.41 Å². The zero-order valence-electron chi connectivity index (χ0n) is 14.3. The van der Waals surface area contributed by atoms with Crippen molar-refractivity contribution in [3.8, 4) is 22.3 Å². The van der Waals surface area contributed by atoms with Gasteiger partial charge in [0.2, 0.25) is 0 Å². The van der Waals surface area contributed by atoms with Crippen LogP contribution in [0.1, 0.15) is 36.1 Å². The standard InChI is InChI=1S/C23H22/c1-15-16(2)22-20(14-19(15)17-10-6-5-7-11-17)18-12-8-9-13-21(18)23(22,3)4/h5-14H,1-4H3. The van der Waals surface area contributed by atoms with Crippen molar-refractivity contribution >= 4 is 0 Å². The average molecular weight is 298 g/mol. The minimum Gasteiger partial charge on any atom is -0.0622 e. The summed E-state index contributed by atoms with van der Waals surface area (Å²) in [5.41, 5.74) is 11.3. The highest BCUT2D eigenvalue weighted by Crippen LogP contribution is 2.51. The summed E-state index contributed by atoms with van der Waals surface area (Å²) in [5.74, 6) is 0. The first-order valence-corrected chi connectivity index (χ1v) is 8.32. The molecule has 0 aromatic heterocycles. The molecule has 114 valence electrons. The van der Waals surface area contributed by atoms with Crippen LogP contribution in [0.25, 0.3) is 22.3 Å². The van der Waals surface area contributed by atoms with Crippen molar-refractivity contribution in [2.24, 2.45) is 0 Å². The van der Waals surface area contributed by atoms with Gasteiger partial charge in [-0.25, -0.2) is 0 Å². The molecule has 0 saturated heterocycles. The number of fused-ring (bicyclic) bond motifs is 3. The van der Waals surface area contributed by atoms with Gasteiger partial charge in [-0.1, -0.05) is 68.4 Å². The summed E-state index contributed by atoms with van der Waals surface area (Å²) in [7, 11) is 0. The first-order chi connectivity index (χ1) is 11.0. The second-order valence-electron chi connectivity index (χ2n) is 7.13. The molecule has 23 heavy (non-hydrogen) atoms. The Bertz CT molecular complexity index is 899. The van der Waals surface area contributed by atoms with Crippen LogP contribution in [-0.4, -0.2) is 0 Å². The van der Waals surface area contributed by atoms with Gasteiger partial charge >= 0.3 is 0 Å². The fourth-order valence-corrected chi connectivity index (χ4v) is 4.25. The summed E-state index contributed by atoms with van der Waals surface area (Å²) in [5, 5.41) is 0. The second kappa shape index (κ2) is 4.83. The summed E-state index contributed by atoms with van der Waals surface area (Å²) in [6, 6.07) is 22.0. The number of rotatable bonds is 1. The zero-order valence-corrected chi connectivity index (χ0v) is 14.3. The molecule has 0 aliphatic heterocycles. The van der Waals surface area contributed by atoms with E-state index in [1.165, 1.54) is 44.5 Å². The van der Waals surface area contributed by atoms with E-state index in [1.54, 1.807) is 0 Å². The van der Waals surface area contributed by atoms with Gasteiger partial charge in [0, 0.05) is 5.41 Å². The molecule has 0 heterocycles. The van der Waals surface area contributed by atoms with Gasteiger partial charge in [0.05, 0.1) is 0 Å². The van der Waals surface area contributed by atoms with Crippen molar-refractivity contribution in [1.82, 2.24) is 0 Å². The highest BCUT2D eigenvalue weighted by atomic mass is 14.4. The molecule has 0 atom stereocenters. The maximum absolute atomic E-state index is 2.40. The van der Waals surface area contributed by atoms with E-state index in [9.17, 15) is 0 Å². The molecule has 1 aliphatic carbocycles. The number of hydrogen-bond donors (Lipinski definition) is 0. The Kier molecular flexibility index (Phi) is 2.99. The van der Waals surface area contributed by atoms with Crippen molar-refractivity contribution in [3.05, 3.63) is 82.9 Å². The Morgan fingerprint density at radius 2 is 1.30 bits per heavy atom. The lowest BCUT2D eigenvalue weighted by Crippen LogP contribution is -2.17. The van der Waals surface area contributed by atoms with Gasteiger partial charge in [0.25, 0.3) is 0 Å². The molecule has 0 bridgehead atoms.